The maximum atomic E-state index is 14.4. The van der Waals surface area contributed by atoms with E-state index in [2.05, 4.69) is 20.6 Å². The van der Waals surface area contributed by atoms with Crippen molar-refractivity contribution in [3.05, 3.63) is 115 Å². The van der Waals surface area contributed by atoms with Crippen LogP contribution in [0, 0.1) is 11.3 Å². The van der Waals surface area contributed by atoms with Crippen molar-refractivity contribution in [3.63, 3.8) is 0 Å². The number of oxime groups is 4. The molecule has 2 aromatic heterocycles. The molecule has 0 spiro atoms. The van der Waals surface area contributed by atoms with E-state index in [9.17, 15) is 28.8 Å². The fourth-order valence-corrected chi connectivity index (χ4v) is 9.10. The molecule has 0 aliphatic heterocycles. The molecule has 0 amide bonds. The average molecular weight is 915 g/mol. The van der Waals surface area contributed by atoms with Crippen molar-refractivity contribution in [1.82, 2.24) is 0 Å². The van der Waals surface area contributed by atoms with Gasteiger partial charge in [-0.25, -0.2) is 19.2 Å². The van der Waals surface area contributed by atoms with E-state index in [1.54, 1.807) is 56.4 Å². The Hall–Kier alpha value is -6.72. The highest BCUT2D eigenvalue weighted by Crippen LogP contribution is 2.32. The van der Waals surface area contributed by atoms with Crippen molar-refractivity contribution >= 4 is 118 Å². The van der Waals surface area contributed by atoms with Crippen molar-refractivity contribution in [2.75, 3.05) is 0 Å². The van der Waals surface area contributed by atoms with Crippen LogP contribution < -0.4 is 10.9 Å². The Morgan fingerprint density at radius 1 is 0.538 bits per heavy atom. The van der Waals surface area contributed by atoms with Gasteiger partial charge in [0.2, 0.25) is 0 Å². The fourth-order valence-electron chi connectivity index (χ4n) is 7.03. The van der Waals surface area contributed by atoms with Gasteiger partial charge in [-0.1, -0.05) is 79.5 Å². The molecule has 0 saturated heterocycles. The molecule has 4 aromatic carbocycles. The van der Waals surface area contributed by atoms with Gasteiger partial charge in [0.25, 0.3) is 0 Å². The Bertz CT molecular complexity index is 3160. The summed E-state index contributed by atoms with van der Waals surface area (Å²) in [6, 6.07) is 21.2. The second-order valence-corrected chi connectivity index (χ2v) is 19.3. The molecule has 0 radical (unpaired) electrons. The summed E-state index contributed by atoms with van der Waals surface area (Å²) in [7, 11) is 1.72. The molecule has 0 bridgehead atoms. The summed E-state index contributed by atoms with van der Waals surface area (Å²) in [4.78, 5) is 97.0. The third-order valence-electron chi connectivity index (χ3n) is 9.83. The Labute approximate surface area is 383 Å². The summed E-state index contributed by atoms with van der Waals surface area (Å²) in [5.74, 6) is -3.22. The number of carbonyl (C=O) groups excluding carboxylic acids is 4. The van der Waals surface area contributed by atoms with Crippen LogP contribution in [-0.2, 0) is 38.5 Å². The van der Waals surface area contributed by atoms with Crippen LogP contribution in [0.2, 0.25) is 5.82 Å². The van der Waals surface area contributed by atoms with E-state index in [-0.39, 0.29) is 33.6 Å². The summed E-state index contributed by atoms with van der Waals surface area (Å²) < 4.78 is 2.82. The van der Waals surface area contributed by atoms with Gasteiger partial charge in [0, 0.05) is 96.1 Å². The monoisotopic (exact) mass is 914 g/mol. The second kappa shape index (κ2) is 20.0. The molecular formula is C48H47BN4O10S2. The third-order valence-corrected chi connectivity index (χ3v) is 12.1. The van der Waals surface area contributed by atoms with Crippen molar-refractivity contribution in [2.24, 2.45) is 32.0 Å². The fraction of sp³-hybridized carbons (Fsp3) is 0.292. The van der Waals surface area contributed by atoms with Gasteiger partial charge in [-0.05, 0) is 72.7 Å². The molecule has 0 N–H and O–H groups in total. The van der Waals surface area contributed by atoms with Crippen LogP contribution >= 0.6 is 22.7 Å². The van der Waals surface area contributed by atoms with Gasteiger partial charge < -0.3 is 19.4 Å². The predicted octanol–water partition coefficient (Wildman–Crippen LogP) is 8.82. The number of carbonyl (C=O) groups is 4. The van der Waals surface area contributed by atoms with E-state index in [0.717, 1.165) is 9.40 Å². The minimum absolute atomic E-state index is 0.172. The summed E-state index contributed by atoms with van der Waals surface area (Å²) in [5, 5.41) is 18.3. The van der Waals surface area contributed by atoms with E-state index in [0.29, 0.717) is 77.5 Å². The van der Waals surface area contributed by atoms with Crippen molar-refractivity contribution in [3.8, 4) is 0 Å². The summed E-state index contributed by atoms with van der Waals surface area (Å²) in [6.45, 7) is 15.0. The quantitative estimate of drug-likeness (QED) is 0.0356. The maximum absolute atomic E-state index is 14.4. The zero-order chi connectivity index (χ0) is 47.3. The Balaban J connectivity index is 1.48. The van der Waals surface area contributed by atoms with E-state index < -0.39 is 29.7 Å². The first-order chi connectivity index (χ1) is 30.7. The van der Waals surface area contributed by atoms with Crippen LogP contribution in [0.3, 0.4) is 0 Å². The number of fused-ring (bicyclic) bond motifs is 4. The molecule has 0 aliphatic carbocycles. The van der Waals surface area contributed by atoms with Crippen LogP contribution in [0.1, 0.15) is 97.4 Å². The molecule has 1 atom stereocenters. The zero-order valence-corrected chi connectivity index (χ0v) is 39.3. The van der Waals surface area contributed by atoms with Gasteiger partial charge in [0.15, 0.2) is 10.9 Å². The zero-order valence-electron chi connectivity index (χ0n) is 37.7. The lowest BCUT2D eigenvalue weighted by Gasteiger charge is -2.19. The molecule has 17 heteroatoms. The number of hydrogen-bond donors (Lipinski definition) is 0. The Kier molecular flexibility index (Phi) is 14.7. The molecular weight excluding hydrogens is 867 g/mol. The van der Waals surface area contributed by atoms with Crippen molar-refractivity contribution in [2.45, 2.75) is 81.0 Å². The lowest BCUT2D eigenvalue weighted by atomic mass is 9.74. The average Bonchev–Trinajstić information content (AvgIpc) is 3.23. The van der Waals surface area contributed by atoms with Gasteiger partial charge in [0.05, 0.1) is 22.8 Å². The van der Waals surface area contributed by atoms with E-state index >= 15 is 0 Å². The Morgan fingerprint density at radius 2 is 0.862 bits per heavy atom. The topological polar surface area (TPSA) is 189 Å². The molecule has 2 heterocycles. The Morgan fingerprint density at radius 3 is 1.22 bits per heavy atom. The van der Waals surface area contributed by atoms with Crippen molar-refractivity contribution < 1.29 is 38.5 Å². The summed E-state index contributed by atoms with van der Waals surface area (Å²) in [6.07, 6.45) is 0.961. The van der Waals surface area contributed by atoms with E-state index in [4.69, 9.17) is 19.4 Å². The SMILES string of the molecule is BC(C(=NOC(C)=O)c1ccc2sc3ccc(C(CC(C)C)=NOC(C)=O)cc3c(=O)c2c1)C(=NOC(C)=O)c1ccc2sc3ccc(C(CC(C)(C)C)=NOC(C)=O)cc3c(=O)c2c1. The molecule has 14 nitrogen and oxygen atoms in total. The van der Waals surface area contributed by atoms with Gasteiger partial charge in [-0.15, -0.1) is 22.7 Å². The van der Waals surface area contributed by atoms with E-state index in [1.165, 1.54) is 50.4 Å². The first-order valence-electron chi connectivity index (χ1n) is 20.7. The van der Waals surface area contributed by atoms with Crippen LogP contribution in [0.15, 0.2) is 103 Å². The molecule has 0 aliphatic rings. The molecule has 0 saturated carbocycles. The molecule has 1 unspecified atom stereocenters. The first-order valence-corrected chi connectivity index (χ1v) is 22.3. The molecule has 6 aromatic rings. The first kappa shape index (κ1) is 47.8. The standard InChI is InChI=1S/C48H47BN4O10S2/c1-24(2)18-37(50-60-25(3)54)29-10-14-39-33(19-29)46(58)35-21-31(12-16-41(35)64-39)44(52-62-27(5)56)43(49)45(53-63-28(6)57)32-13-17-42-36(22-32)47(59)34-20-30(11-15-40(34)65-42)38(23-48(7,8)9)51-61-26(4)55/h10-17,19-22,24,43H,18,23,49H2,1-9H3. The minimum Gasteiger partial charge on any atom is -0.318 e. The number of nitrogens with zero attached hydrogens (tertiary/aromatic N) is 4. The molecule has 0 fully saturated rings. The van der Waals surface area contributed by atoms with Gasteiger partial charge in [-0.3, -0.25) is 9.59 Å². The number of rotatable bonds is 13. The van der Waals surface area contributed by atoms with Gasteiger partial charge in [0.1, 0.15) is 7.85 Å². The highest BCUT2D eigenvalue weighted by atomic mass is 32.1. The maximum Gasteiger partial charge on any atom is 0.331 e. The van der Waals surface area contributed by atoms with Gasteiger partial charge in [-0.2, -0.15) is 0 Å². The molecule has 65 heavy (non-hydrogen) atoms. The number of hydrogen-bond acceptors (Lipinski definition) is 16. The van der Waals surface area contributed by atoms with Gasteiger partial charge >= 0.3 is 23.9 Å². The largest absolute Gasteiger partial charge is 0.331 e. The summed E-state index contributed by atoms with van der Waals surface area (Å²) >= 11 is 2.81. The van der Waals surface area contributed by atoms with Crippen LogP contribution in [0.5, 0.6) is 0 Å². The third kappa shape index (κ3) is 11.7. The minimum atomic E-state index is -0.867. The lowest BCUT2D eigenvalue weighted by molar-refractivity contribution is -0.141. The normalized spacial score (nSPS) is 13.4. The second-order valence-electron chi connectivity index (χ2n) is 17.1. The van der Waals surface area contributed by atoms with Crippen LogP contribution in [0.4, 0.5) is 0 Å². The summed E-state index contributed by atoms with van der Waals surface area (Å²) in [5.41, 5.74) is 2.67. The molecule has 6 rings (SSSR count). The van der Waals surface area contributed by atoms with E-state index in [1.807, 2.05) is 58.9 Å². The predicted molar refractivity (Wildman–Crippen MR) is 260 cm³/mol. The smallest absolute Gasteiger partial charge is 0.318 e. The lowest BCUT2D eigenvalue weighted by Crippen LogP contribution is -2.23. The molecule has 334 valence electrons. The van der Waals surface area contributed by atoms with Crippen LogP contribution in [-0.4, -0.2) is 54.6 Å². The highest BCUT2D eigenvalue weighted by molar-refractivity contribution is 7.25. The highest BCUT2D eigenvalue weighted by Gasteiger charge is 2.26. The van der Waals surface area contributed by atoms with Crippen molar-refractivity contribution in [1.29, 1.82) is 0 Å². The van der Waals surface area contributed by atoms with Crippen LogP contribution in [0.25, 0.3) is 40.3 Å². The number of benzene rings is 4.